The van der Waals surface area contributed by atoms with Crippen molar-refractivity contribution in [2.75, 3.05) is 30.2 Å². The third kappa shape index (κ3) is 6.50. The molecule has 0 spiro atoms. The van der Waals surface area contributed by atoms with E-state index in [1.54, 1.807) is 54.4 Å². The lowest BCUT2D eigenvalue weighted by molar-refractivity contribution is -0.279. The molecular weight excluding hydrogens is 539 g/mol. The molecule has 0 aliphatic carbocycles. The van der Waals surface area contributed by atoms with Crippen LogP contribution in [-0.2, 0) is 19.4 Å². The summed E-state index contributed by atoms with van der Waals surface area (Å²) in [5.74, 6) is -4.56. The highest BCUT2D eigenvalue weighted by atomic mass is 32.2. The Bertz CT molecular complexity index is 1300. The zero-order valence-electron chi connectivity index (χ0n) is 21.6. The van der Waals surface area contributed by atoms with E-state index in [-0.39, 0.29) is 6.42 Å². The van der Waals surface area contributed by atoms with Gasteiger partial charge < -0.3 is 24.6 Å². The highest BCUT2D eigenvalue weighted by Gasteiger charge is 2.57. The smallest absolute Gasteiger partial charge is 0.390 e. The van der Waals surface area contributed by atoms with Crippen molar-refractivity contribution in [3.05, 3.63) is 65.4 Å². The Morgan fingerprint density at radius 1 is 1.15 bits per heavy atom. The summed E-state index contributed by atoms with van der Waals surface area (Å²) >= 11 is 1.63. The first-order chi connectivity index (χ1) is 18.4. The maximum absolute atomic E-state index is 13.5. The number of anilines is 1. The molecule has 4 rings (SSSR count). The summed E-state index contributed by atoms with van der Waals surface area (Å²) in [7, 11) is 1.93. The van der Waals surface area contributed by atoms with Crippen LogP contribution >= 0.6 is 11.9 Å². The van der Waals surface area contributed by atoms with Crippen molar-refractivity contribution in [3.8, 4) is 0 Å². The maximum Gasteiger partial charge on any atom is 0.454 e. The van der Waals surface area contributed by atoms with Crippen LogP contribution in [0.5, 0.6) is 0 Å². The van der Waals surface area contributed by atoms with Gasteiger partial charge >= 0.3 is 12.1 Å². The number of halogens is 5. The van der Waals surface area contributed by atoms with Crippen LogP contribution in [0.25, 0.3) is 10.9 Å². The molecule has 0 saturated carbocycles. The topological polar surface area (TPSA) is 69.5 Å². The van der Waals surface area contributed by atoms with Crippen molar-refractivity contribution < 1.29 is 31.9 Å². The van der Waals surface area contributed by atoms with Gasteiger partial charge in [0.15, 0.2) is 0 Å². The molecule has 3 N–H and O–H groups in total. The van der Waals surface area contributed by atoms with Gasteiger partial charge in [0.2, 0.25) is 0 Å². The molecular formula is C27H31F5N4O2S. The Balaban J connectivity index is 1.58. The highest BCUT2D eigenvalue weighted by molar-refractivity contribution is 8.00. The molecule has 1 aliphatic rings. The Morgan fingerprint density at radius 2 is 1.87 bits per heavy atom. The highest BCUT2D eigenvalue weighted by Crippen LogP contribution is 2.37. The average molecular weight is 571 g/mol. The van der Waals surface area contributed by atoms with Crippen LogP contribution in [0.15, 0.2) is 48.7 Å². The minimum atomic E-state index is -5.71. The van der Waals surface area contributed by atoms with Gasteiger partial charge in [0.1, 0.15) is 0 Å². The van der Waals surface area contributed by atoms with E-state index >= 15 is 0 Å². The van der Waals surface area contributed by atoms with Gasteiger partial charge in [0, 0.05) is 43.0 Å². The Labute approximate surface area is 227 Å². The van der Waals surface area contributed by atoms with Crippen molar-refractivity contribution in [1.82, 2.24) is 15.2 Å². The predicted octanol–water partition coefficient (Wildman–Crippen LogP) is 4.79. The molecule has 3 aromatic rings. The summed E-state index contributed by atoms with van der Waals surface area (Å²) < 4.78 is 68.5. The van der Waals surface area contributed by atoms with E-state index in [9.17, 15) is 31.9 Å². The first-order valence-corrected chi connectivity index (χ1v) is 13.6. The zero-order valence-corrected chi connectivity index (χ0v) is 22.4. The number of alkyl halides is 5. The minimum absolute atomic E-state index is 0.145. The number of hydrogen-bond donors (Lipinski definition) is 3. The molecule has 0 saturated heterocycles. The number of aliphatic hydroxyl groups excluding tert-OH is 1. The number of rotatable bonds is 10. The van der Waals surface area contributed by atoms with E-state index in [1.165, 1.54) is 0 Å². The summed E-state index contributed by atoms with van der Waals surface area (Å²) in [5, 5.41) is 16.5. The van der Waals surface area contributed by atoms with Crippen LogP contribution in [-0.4, -0.2) is 65.7 Å². The normalized spacial score (nSPS) is 15.7. The molecule has 6 nitrogen and oxygen atoms in total. The lowest BCUT2D eigenvalue weighted by Gasteiger charge is -2.26. The predicted molar refractivity (Wildman–Crippen MR) is 143 cm³/mol. The van der Waals surface area contributed by atoms with Crippen LogP contribution in [0.1, 0.15) is 28.4 Å². The molecule has 1 aromatic heterocycles. The van der Waals surface area contributed by atoms with Crippen LogP contribution < -0.4 is 14.9 Å². The monoisotopic (exact) mass is 570 g/mol. The van der Waals surface area contributed by atoms with Gasteiger partial charge in [-0.25, -0.2) is 0 Å². The van der Waals surface area contributed by atoms with E-state index in [1.807, 2.05) is 23.6 Å². The molecule has 2 atom stereocenters. The van der Waals surface area contributed by atoms with Gasteiger partial charge in [-0.1, -0.05) is 37.3 Å². The number of aliphatic hydroxyl groups is 1. The third-order valence-electron chi connectivity index (χ3n) is 6.83. The number of aromatic nitrogens is 1. The molecule has 0 unspecified atom stereocenters. The Hall–Kier alpha value is -2.83. The minimum Gasteiger partial charge on any atom is -0.390 e. The van der Waals surface area contributed by atoms with Crippen LogP contribution in [0.3, 0.4) is 0 Å². The van der Waals surface area contributed by atoms with E-state index in [0.29, 0.717) is 5.56 Å². The summed E-state index contributed by atoms with van der Waals surface area (Å²) in [6.45, 7) is 0.615. The summed E-state index contributed by atoms with van der Waals surface area (Å²) in [6.07, 6.45) is -4.13. The number of benzene rings is 2. The Kier molecular flexibility index (Phi) is 8.77. The second kappa shape index (κ2) is 11.7. The zero-order chi connectivity index (χ0) is 28.4. The van der Waals surface area contributed by atoms with Gasteiger partial charge in [-0.15, -0.1) is 0 Å². The fourth-order valence-corrected chi connectivity index (χ4v) is 5.52. The van der Waals surface area contributed by atoms with E-state index < -0.39 is 43.2 Å². The maximum atomic E-state index is 13.5. The average Bonchev–Trinajstić information content (AvgIpc) is 3.16. The molecule has 212 valence electrons. The van der Waals surface area contributed by atoms with Gasteiger partial charge in [-0.2, -0.15) is 22.0 Å². The molecule has 39 heavy (non-hydrogen) atoms. The largest absolute Gasteiger partial charge is 0.454 e. The van der Waals surface area contributed by atoms with Gasteiger partial charge in [0.25, 0.3) is 5.91 Å². The first kappa shape index (κ1) is 29.2. The number of amides is 1. The molecule has 12 heteroatoms. The number of carbonyl (C=O) groups excluding carboxylic acids is 1. The van der Waals surface area contributed by atoms with Gasteiger partial charge in [-0.3, -0.25) is 4.79 Å². The number of aryl methyl sites for hydroxylation is 2. The van der Waals surface area contributed by atoms with Crippen molar-refractivity contribution in [2.24, 2.45) is 0 Å². The summed E-state index contributed by atoms with van der Waals surface area (Å²) in [5.41, 5.74) is 4.12. The number of nitrogens with zero attached hydrogens (tertiary/aromatic N) is 2. The standard InChI is InChI=1S/C27H31F5N4O2S/c1-3-18-15-36-9-10-39-35(2)22-13-19(12-20(18)24(22)36)25(38)34-21(11-17-7-5-4-6-8-17)23(37)14-33-16-26(28,29)27(30,31)32/h4-8,12-13,15,21,23,33,37H,3,9-11,14,16H2,1-2H3,(H,34,38)/t21-,23+/m0/s1. The van der Waals surface area contributed by atoms with Crippen molar-refractivity contribution >= 4 is 34.4 Å². The summed E-state index contributed by atoms with van der Waals surface area (Å²) in [6, 6.07) is 11.5. The van der Waals surface area contributed by atoms with E-state index in [4.69, 9.17) is 0 Å². The molecule has 1 amide bonds. The van der Waals surface area contributed by atoms with Gasteiger partial charge in [-0.05, 0) is 48.0 Å². The third-order valence-corrected chi connectivity index (χ3v) is 7.78. The number of nitrogens with one attached hydrogen (secondary N) is 2. The van der Waals surface area contributed by atoms with Crippen molar-refractivity contribution in [2.45, 2.75) is 50.6 Å². The van der Waals surface area contributed by atoms with Crippen LogP contribution in [0, 0.1) is 0 Å². The molecule has 0 bridgehead atoms. The van der Waals surface area contributed by atoms with Crippen LogP contribution in [0.4, 0.5) is 27.6 Å². The lowest BCUT2D eigenvalue weighted by atomic mass is 9.99. The molecule has 1 aliphatic heterocycles. The second-order valence-electron chi connectivity index (χ2n) is 9.59. The fourth-order valence-electron chi connectivity index (χ4n) is 4.69. The van der Waals surface area contributed by atoms with E-state index in [0.717, 1.165) is 46.4 Å². The second-order valence-corrected chi connectivity index (χ2v) is 10.8. The first-order valence-electron chi connectivity index (χ1n) is 12.6. The van der Waals surface area contributed by atoms with Gasteiger partial charge in [0.05, 0.1) is 29.9 Å². The Morgan fingerprint density at radius 3 is 2.54 bits per heavy atom. The van der Waals surface area contributed by atoms with E-state index in [2.05, 4.69) is 16.1 Å². The van der Waals surface area contributed by atoms with Crippen molar-refractivity contribution in [1.29, 1.82) is 0 Å². The lowest BCUT2D eigenvalue weighted by Crippen LogP contribution is -2.51. The van der Waals surface area contributed by atoms with Crippen LogP contribution in [0.2, 0.25) is 0 Å². The number of carbonyl (C=O) groups is 1. The number of hydrogen-bond acceptors (Lipinski definition) is 5. The van der Waals surface area contributed by atoms with Crippen molar-refractivity contribution in [3.63, 3.8) is 0 Å². The quantitative estimate of drug-likeness (QED) is 0.242. The molecule has 2 aromatic carbocycles. The molecule has 2 heterocycles. The summed E-state index contributed by atoms with van der Waals surface area (Å²) in [4.78, 5) is 13.5. The molecule has 0 fully saturated rings. The SMILES string of the molecule is CCc1cn2c3c(cc(C(=O)N[C@@H](Cc4ccccc4)[C@H](O)CNCC(F)(F)C(F)(F)F)cc13)N(C)SCC2. The molecule has 0 radical (unpaired) electrons. The fraction of sp³-hybridized carbons (Fsp3) is 0.444.